The third-order valence-electron chi connectivity index (χ3n) is 3.32. The van der Waals surface area contributed by atoms with E-state index in [2.05, 4.69) is 36.7 Å². The molecule has 3 aromatic rings. The standard InChI is InChI=1S/C17H12BrIN4O2/c18-12-6-11(16(24)13(19)7-12)9-20-23-17(25)15-8-14(21-22-15)10-4-2-1-3-5-10/h1-9,24H,(H,21,22)(H,23,25)/b20-9-. The quantitative estimate of drug-likeness (QED) is 0.282. The Morgan fingerprint density at radius 3 is 2.80 bits per heavy atom. The Kier molecular flexibility index (Phi) is 5.49. The van der Waals surface area contributed by atoms with Crippen LogP contribution < -0.4 is 5.43 Å². The van der Waals surface area contributed by atoms with Crippen molar-refractivity contribution in [2.24, 2.45) is 5.10 Å². The van der Waals surface area contributed by atoms with Gasteiger partial charge >= 0.3 is 0 Å². The van der Waals surface area contributed by atoms with Crippen molar-refractivity contribution in [3.63, 3.8) is 0 Å². The van der Waals surface area contributed by atoms with Crippen LogP contribution in [0.3, 0.4) is 0 Å². The first-order chi connectivity index (χ1) is 12.0. The molecular weight excluding hydrogens is 499 g/mol. The lowest BCUT2D eigenvalue weighted by Gasteiger charge is -2.02. The van der Waals surface area contributed by atoms with Crippen molar-refractivity contribution >= 4 is 50.6 Å². The number of hydrogen-bond acceptors (Lipinski definition) is 4. The van der Waals surface area contributed by atoms with E-state index in [9.17, 15) is 9.90 Å². The zero-order valence-electron chi connectivity index (χ0n) is 12.7. The van der Waals surface area contributed by atoms with E-state index in [1.165, 1.54) is 6.21 Å². The molecule has 0 fully saturated rings. The highest BCUT2D eigenvalue weighted by atomic mass is 127. The van der Waals surface area contributed by atoms with Gasteiger partial charge in [0.1, 0.15) is 11.4 Å². The van der Waals surface area contributed by atoms with Crippen molar-refractivity contribution in [1.29, 1.82) is 0 Å². The van der Waals surface area contributed by atoms with Crippen LogP contribution >= 0.6 is 38.5 Å². The fourth-order valence-electron chi connectivity index (χ4n) is 2.10. The molecular formula is C17H12BrIN4O2. The van der Waals surface area contributed by atoms with E-state index >= 15 is 0 Å². The summed E-state index contributed by atoms with van der Waals surface area (Å²) in [6.45, 7) is 0. The first-order valence-electron chi connectivity index (χ1n) is 7.17. The Morgan fingerprint density at radius 2 is 2.04 bits per heavy atom. The molecule has 8 heteroatoms. The largest absolute Gasteiger partial charge is 0.506 e. The molecule has 0 unspecified atom stereocenters. The number of nitrogens with one attached hydrogen (secondary N) is 2. The van der Waals surface area contributed by atoms with Crippen molar-refractivity contribution in [1.82, 2.24) is 15.6 Å². The summed E-state index contributed by atoms with van der Waals surface area (Å²) in [5.41, 5.74) is 4.79. The smallest absolute Gasteiger partial charge is 0.289 e. The summed E-state index contributed by atoms with van der Waals surface area (Å²) in [7, 11) is 0. The minimum atomic E-state index is -0.421. The molecule has 0 spiro atoms. The van der Waals surface area contributed by atoms with E-state index in [0.29, 0.717) is 20.5 Å². The van der Waals surface area contributed by atoms with Gasteiger partial charge in [-0.2, -0.15) is 10.2 Å². The van der Waals surface area contributed by atoms with Crippen LogP contribution in [0.2, 0.25) is 0 Å². The maximum atomic E-state index is 12.1. The van der Waals surface area contributed by atoms with Crippen molar-refractivity contribution in [3.8, 4) is 17.0 Å². The lowest BCUT2D eigenvalue weighted by atomic mass is 10.1. The van der Waals surface area contributed by atoms with Gasteiger partial charge in [-0.15, -0.1) is 0 Å². The van der Waals surface area contributed by atoms with Gasteiger partial charge in [-0.25, -0.2) is 5.43 Å². The molecule has 0 saturated carbocycles. The first kappa shape index (κ1) is 17.6. The van der Waals surface area contributed by atoms with Crippen molar-refractivity contribution < 1.29 is 9.90 Å². The van der Waals surface area contributed by atoms with Crippen molar-refractivity contribution in [2.45, 2.75) is 0 Å². The molecule has 126 valence electrons. The predicted molar refractivity (Wildman–Crippen MR) is 108 cm³/mol. The van der Waals surface area contributed by atoms with Crippen LogP contribution in [0.25, 0.3) is 11.3 Å². The molecule has 0 aliphatic rings. The number of phenols is 1. The number of hydrazone groups is 1. The Bertz CT molecular complexity index is 941. The van der Waals surface area contributed by atoms with E-state index in [1.807, 2.05) is 52.9 Å². The van der Waals surface area contributed by atoms with Gasteiger partial charge in [0.15, 0.2) is 0 Å². The lowest BCUT2D eigenvalue weighted by Crippen LogP contribution is -2.18. The topological polar surface area (TPSA) is 90.4 Å². The number of amides is 1. The molecule has 2 aromatic carbocycles. The number of aromatic hydroxyl groups is 1. The normalized spacial score (nSPS) is 11.0. The van der Waals surface area contributed by atoms with E-state index in [0.717, 1.165) is 10.0 Å². The van der Waals surface area contributed by atoms with Gasteiger partial charge < -0.3 is 5.11 Å². The number of H-pyrrole nitrogens is 1. The highest BCUT2D eigenvalue weighted by Crippen LogP contribution is 2.27. The second-order valence-corrected chi connectivity index (χ2v) is 7.14. The monoisotopic (exact) mass is 510 g/mol. The van der Waals surface area contributed by atoms with Gasteiger partial charge in [0, 0.05) is 15.6 Å². The predicted octanol–water partition coefficient (Wildman–Crippen LogP) is 3.91. The summed E-state index contributed by atoms with van der Waals surface area (Å²) in [5.74, 6) is -0.315. The molecule has 0 radical (unpaired) electrons. The third kappa shape index (κ3) is 4.26. The maximum absolute atomic E-state index is 12.1. The molecule has 0 atom stereocenters. The Morgan fingerprint density at radius 1 is 1.28 bits per heavy atom. The van der Waals surface area contributed by atoms with Crippen LogP contribution in [0.5, 0.6) is 5.75 Å². The Balaban J connectivity index is 1.70. The fourth-order valence-corrected chi connectivity index (χ4v) is 3.65. The Hall–Kier alpha value is -2.20. The van der Waals surface area contributed by atoms with Crippen LogP contribution in [0.1, 0.15) is 16.1 Å². The van der Waals surface area contributed by atoms with E-state index in [1.54, 1.807) is 18.2 Å². The molecule has 1 heterocycles. The molecule has 0 bridgehead atoms. The maximum Gasteiger partial charge on any atom is 0.289 e. The van der Waals surface area contributed by atoms with E-state index in [-0.39, 0.29) is 5.75 Å². The van der Waals surface area contributed by atoms with Gasteiger partial charge in [0.05, 0.1) is 15.5 Å². The number of rotatable bonds is 4. The van der Waals surface area contributed by atoms with Crippen LogP contribution in [-0.4, -0.2) is 27.4 Å². The van der Waals surface area contributed by atoms with E-state index in [4.69, 9.17) is 0 Å². The van der Waals surface area contributed by atoms with Crippen molar-refractivity contribution in [3.05, 3.63) is 67.8 Å². The third-order valence-corrected chi connectivity index (χ3v) is 4.60. The van der Waals surface area contributed by atoms with Crippen molar-refractivity contribution in [2.75, 3.05) is 0 Å². The van der Waals surface area contributed by atoms with Crippen LogP contribution in [0.4, 0.5) is 0 Å². The summed E-state index contributed by atoms with van der Waals surface area (Å²) in [5, 5.41) is 20.7. The number of phenolic OH excluding ortho intramolecular Hbond substituents is 1. The molecule has 0 aliphatic carbocycles. The number of hydrogen-bond donors (Lipinski definition) is 3. The second kappa shape index (κ2) is 7.79. The summed E-state index contributed by atoms with van der Waals surface area (Å²) in [6.07, 6.45) is 1.38. The number of aromatic amines is 1. The molecule has 0 aliphatic heterocycles. The molecule has 3 rings (SSSR count). The summed E-state index contributed by atoms with van der Waals surface area (Å²) in [4.78, 5) is 12.1. The molecule has 1 amide bonds. The average Bonchev–Trinajstić information content (AvgIpc) is 3.10. The fraction of sp³-hybridized carbons (Fsp3) is 0. The number of nitrogens with zero attached hydrogens (tertiary/aromatic N) is 2. The number of carbonyl (C=O) groups excluding carboxylic acids is 1. The minimum absolute atomic E-state index is 0.106. The molecule has 6 nitrogen and oxygen atoms in total. The number of aromatic nitrogens is 2. The highest BCUT2D eigenvalue weighted by Gasteiger charge is 2.10. The second-order valence-electron chi connectivity index (χ2n) is 5.06. The minimum Gasteiger partial charge on any atom is -0.506 e. The van der Waals surface area contributed by atoms with Crippen LogP contribution in [0.15, 0.2) is 58.1 Å². The molecule has 3 N–H and O–H groups in total. The zero-order valence-corrected chi connectivity index (χ0v) is 16.4. The summed E-state index contributed by atoms with van der Waals surface area (Å²) >= 11 is 5.37. The van der Waals surface area contributed by atoms with Gasteiger partial charge in [-0.3, -0.25) is 9.89 Å². The van der Waals surface area contributed by atoms with Crippen LogP contribution in [-0.2, 0) is 0 Å². The summed E-state index contributed by atoms with van der Waals surface area (Å²) in [6, 6.07) is 14.7. The Labute approximate surface area is 165 Å². The molecule has 25 heavy (non-hydrogen) atoms. The van der Waals surface area contributed by atoms with Gasteiger partial charge in [-0.05, 0) is 40.8 Å². The van der Waals surface area contributed by atoms with Gasteiger partial charge in [-0.1, -0.05) is 46.3 Å². The zero-order chi connectivity index (χ0) is 17.8. The van der Waals surface area contributed by atoms with E-state index < -0.39 is 5.91 Å². The molecule has 0 saturated heterocycles. The number of carbonyl (C=O) groups is 1. The highest BCUT2D eigenvalue weighted by molar-refractivity contribution is 14.1. The summed E-state index contributed by atoms with van der Waals surface area (Å²) < 4.78 is 1.49. The van der Waals surface area contributed by atoms with Crippen LogP contribution in [0, 0.1) is 3.57 Å². The average molecular weight is 511 g/mol. The number of benzene rings is 2. The van der Waals surface area contributed by atoms with Gasteiger partial charge in [0.25, 0.3) is 5.91 Å². The van der Waals surface area contributed by atoms with Gasteiger partial charge in [0.2, 0.25) is 0 Å². The SMILES string of the molecule is O=C(N/N=C\c1cc(Br)cc(I)c1O)c1cc(-c2ccccc2)n[nH]1. The lowest BCUT2D eigenvalue weighted by molar-refractivity contribution is 0.0950. The molecule has 1 aromatic heterocycles. The first-order valence-corrected chi connectivity index (χ1v) is 9.04. The number of halogens is 2.